The van der Waals surface area contributed by atoms with Crippen molar-refractivity contribution in [3.63, 3.8) is 0 Å². The Morgan fingerprint density at radius 1 is 1.24 bits per heavy atom. The monoisotopic (exact) mass is 314 g/mol. The molecule has 1 unspecified atom stereocenters. The predicted octanol–water partition coefficient (Wildman–Crippen LogP) is 0.748. The van der Waals surface area contributed by atoms with Gasteiger partial charge in [-0.1, -0.05) is 19.1 Å². The maximum Gasteiger partial charge on any atom is 0.337 e. The minimum absolute atomic E-state index is 0.110. The van der Waals surface area contributed by atoms with Crippen LogP contribution in [0, 0.1) is 5.92 Å². The summed E-state index contributed by atoms with van der Waals surface area (Å²) in [5, 5.41) is 3.00. The van der Waals surface area contributed by atoms with Gasteiger partial charge in [0.05, 0.1) is 18.4 Å². The summed E-state index contributed by atoms with van der Waals surface area (Å²) in [5.74, 6) is -0.337. The molecule has 1 aromatic carbocycles. The molecule has 0 aromatic heterocycles. The maximum absolute atomic E-state index is 12.0. The topological polar surface area (TPSA) is 84.5 Å². The molecule has 0 saturated carbocycles. The Kier molecular flexibility index (Phi) is 6.80. The van der Waals surface area contributed by atoms with Crippen LogP contribution < -0.4 is 10.0 Å². The van der Waals surface area contributed by atoms with E-state index in [9.17, 15) is 13.2 Å². The van der Waals surface area contributed by atoms with E-state index in [4.69, 9.17) is 0 Å². The number of hydrogen-bond donors (Lipinski definition) is 2. The van der Waals surface area contributed by atoms with Gasteiger partial charge >= 0.3 is 5.97 Å². The first-order valence-electron chi connectivity index (χ1n) is 6.67. The predicted molar refractivity (Wildman–Crippen MR) is 81.5 cm³/mol. The zero-order chi connectivity index (χ0) is 15.9. The third-order valence-electron chi connectivity index (χ3n) is 2.94. The van der Waals surface area contributed by atoms with E-state index in [1.54, 1.807) is 24.3 Å². The number of carbonyl (C=O) groups is 1. The largest absolute Gasteiger partial charge is 0.465 e. The van der Waals surface area contributed by atoms with Crippen molar-refractivity contribution in [2.45, 2.75) is 12.7 Å². The number of rotatable bonds is 8. The van der Waals surface area contributed by atoms with E-state index in [-0.39, 0.29) is 11.7 Å². The Morgan fingerprint density at radius 3 is 2.38 bits per heavy atom. The van der Waals surface area contributed by atoms with Gasteiger partial charge in [0.2, 0.25) is 10.0 Å². The van der Waals surface area contributed by atoms with Crippen molar-refractivity contribution in [3.8, 4) is 0 Å². The highest BCUT2D eigenvalue weighted by Gasteiger charge is 2.13. The third-order valence-corrected chi connectivity index (χ3v) is 4.26. The molecule has 1 atom stereocenters. The van der Waals surface area contributed by atoms with Gasteiger partial charge in [0.15, 0.2) is 0 Å². The van der Waals surface area contributed by atoms with Gasteiger partial charge in [0.1, 0.15) is 0 Å². The third kappa shape index (κ3) is 6.24. The van der Waals surface area contributed by atoms with Gasteiger partial charge < -0.3 is 10.1 Å². The van der Waals surface area contributed by atoms with Crippen LogP contribution in [-0.2, 0) is 20.5 Å². The highest BCUT2D eigenvalue weighted by Crippen LogP contribution is 2.09. The molecule has 0 saturated heterocycles. The van der Waals surface area contributed by atoms with Crippen molar-refractivity contribution in [3.05, 3.63) is 35.4 Å². The lowest BCUT2D eigenvalue weighted by atomic mass is 10.1. The first-order valence-corrected chi connectivity index (χ1v) is 8.32. The van der Waals surface area contributed by atoms with Crippen molar-refractivity contribution < 1.29 is 17.9 Å². The van der Waals surface area contributed by atoms with Crippen LogP contribution in [0.15, 0.2) is 24.3 Å². The van der Waals surface area contributed by atoms with Crippen molar-refractivity contribution >= 4 is 16.0 Å². The Bertz CT molecular complexity index is 555. The standard InChI is InChI=1S/C14H22N2O4S/c1-11(8-15-2)9-16-21(18,19)10-12-4-6-13(7-5-12)14(17)20-3/h4-7,11,15-16H,8-10H2,1-3H3. The number of ether oxygens (including phenoxy) is 1. The second kappa shape index (κ2) is 8.11. The lowest BCUT2D eigenvalue weighted by Gasteiger charge is -2.12. The van der Waals surface area contributed by atoms with Crippen molar-refractivity contribution in [1.29, 1.82) is 0 Å². The van der Waals surface area contributed by atoms with Gasteiger partial charge in [0, 0.05) is 6.54 Å². The van der Waals surface area contributed by atoms with Crippen molar-refractivity contribution in [2.75, 3.05) is 27.2 Å². The maximum atomic E-state index is 12.0. The second-order valence-corrected chi connectivity index (χ2v) is 6.77. The number of methoxy groups -OCH3 is 1. The number of nitrogens with one attached hydrogen (secondary N) is 2. The Morgan fingerprint density at radius 2 is 1.86 bits per heavy atom. The summed E-state index contributed by atoms with van der Waals surface area (Å²) in [6.45, 7) is 3.10. The Hall–Kier alpha value is -1.44. The molecule has 0 aliphatic rings. The first-order chi connectivity index (χ1) is 9.88. The fraction of sp³-hybridized carbons (Fsp3) is 0.500. The summed E-state index contributed by atoms with van der Waals surface area (Å²) in [5.41, 5.74) is 1.02. The van der Waals surface area contributed by atoms with E-state index in [1.807, 2.05) is 14.0 Å². The molecule has 0 bridgehead atoms. The highest BCUT2D eigenvalue weighted by atomic mass is 32.2. The Balaban J connectivity index is 2.61. The van der Waals surface area contributed by atoms with Crippen molar-refractivity contribution in [2.24, 2.45) is 5.92 Å². The number of esters is 1. The van der Waals surface area contributed by atoms with E-state index in [0.717, 1.165) is 6.54 Å². The van der Waals surface area contributed by atoms with Gasteiger partial charge in [-0.05, 0) is 37.2 Å². The van der Waals surface area contributed by atoms with Gasteiger partial charge in [-0.25, -0.2) is 17.9 Å². The van der Waals surface area contributed by atoms with E-state index < -0.39 is 16.0 Å². The highest BCUT2D eigenvalue weighted by molar-refractivity contribution is 7.88. The average Bonchev–Trinajstić information content (AvgIpc) is 2.45. The fourth-order valence-electron chi connectivity index (χ4n) is 1.82. The van der Waals surface area contributed by atoms with Crippen LogP contribution in [0.5, 0.6) is 0 Å². The molecule has 0 fully saturated rings. The van der Waals surface area contributed by atoms with Crippen LogP contribution in [0.4, 0.5) is 0 Å². The van der Waals surface area contributed by atoms with E-state index in [0.29, 0.717) is 17.7 Å². The van der Waals surface area contributed by atoms with E-state index >= 15 is 0 Å². The molecular weight excluding hydrogens is 292 g/mol. The molecule has 21 heavy (non-hydrogen) atoms. The van der Waals surface area contributed by atoms with Gasteiger partial charge in [-0.15, -0.1) is 0 Å². The van der Waals surface area contributed by atoms with Crippen LogP contribution in [0.2, 0.25) is 0 Å². The smallest absolute Gasteiger partial charge is 0.337 e. The van der Waals surface area contributed by atoms with Crippen LogP contribution in [0.25, 0.3) is 0 Å². The zero-order valence-electron chi connectivity index (χ0n) is 12.5. The normalized spacial score (nSPS) is 12.9. The molecule has 0 aliphatic heterocycles. The van der Waals surface area contributed by atoms with Gasteiger partial charge in [-0.2, -0.15) is 0 Å². The molecule has 1 rings (SSSR count). The molecule has 0 radical (unpaired) electrons. The summed E-state index contributed by atoms with van der Waals surface area (Å²) in [6.07, 6.45) is 0. The van der Waals surface area contributed by atoms with E-state index in [2.05, 4.69) is 14.8 Å². The summed E-state index contributed by atoms with van der Waals surface area (Å²) in [7, 11) is -0.251. The molecular formula is C14H22N2O4S. The molecule has 6 nitrogen and oxygen atoms in total. The van der Waals surface area contributed by atoms with Crippen LogP contribution in [-0.4, -0.2) is 41.6 Å². The molecule has 1 aromatic rings. The number of benzene rings is 1. The average molecular weight is 314 g/mol. The van der Waals surface area contributed by atoms with Crippen LogP contribution >= 0.6 is 0 Å². The summed E-state index contributed by atoms with van der Waals surface area (Å²) in [4.78, 5) is 11.3. The minimum atomic E-state index is -3.38. The molecule has 7 heteroatoms. The lowest BCUT2D eigenvalue weighted by Crippen LogP contribution is -2.33. The minimum Gasteiger partial charge on any atom is -0.465 e. The summed E-state index contributed by atoms with van der Waals surface area (Å²) < 4.78 is 31.1. The lowest BCUT2D eigenvalue weighted by molar-refractivity contribution is 0.0600. The summed E-state index contributed by atoms with van der Waals surface area (Å²) in [6, 6.07) is 6.34. The van der Waals surface area contributed by atoms with Crippen LogP contribution in [0.1, 0.15) is 22.8 Å². The quantitative estimate of drug-likeness (QED) is 0.692. The van der Waals surface area contributed by atoms with E-state index in [1.165, 1.54) is 7.11 Å². The Labute approximate surface area is 125 Å². The fourth-order valence-corrected chi connectivity index (χ4v) is 3.09. The molecule has 0 amide bonds. The van der Waals surface area contributed by atoms with Gasteiger partial charge in [0.25, 0.3) is 0 Å². The second-order valence-electron chi connectivity index (χ2n) is 4.96. The molecule has 2 N–H and O–H groups in total. The SMILES string of the molecule is CNCC(C)CNS(=O)(=O)Cc1ccc(C(=O)OC)cc1. The summed E-state index contributed by atoms with van der Waals surface area (Å²) >= 11 is 0. The first kappa shape index (κ1) is 17.6. The number of carbonyl (C=O) groups excluding carboxylic acids is 1. The molecule has 118 valence electrons. The molecule has 0 heterocycles. The number of sulfonamides is 1. The van der Waals surface area contributed by atoms with Gasteiger partial charge in [-0.3, -0.25) is 0 Å². The number of hydrogen-bond acceptors (Lipinski definition) is 5. The molecule has 0 spiro atoms. The molecule has 0 aliphatic carbocycles. The van der Waals surface area contributed by atoms with Crippen LogP contribution in [0.3, 0.4) is 0 Å². The zero-order valence-corrected chi connectivity index (χ0v) is 13.4. The van der Waals surface area contributed by atoms with Crippen molar-refractivity contribution in [1.82, 2.24) is 10.0 Å².